The molecule has 1 unspecified atom stereocenters. The van der Waals surface area contributed by atoms with Crippen molar-refractivity contribution in [3.05, 3.63) is 11.8 Å². The molecule has 2 fully saturated rings. The fraction of sp³-hybridized carbons (Fsp3) is 0.792. The average molecular weight is 465 g/mol. The molecule has 0 N–H and O–H groups in total. The second-order valence-corrected chi connectivity index (χ2v) is 11.4. The van der Waals surface area contributed by atoms with Gasteiger partial charge in [0.05, 0.1) is 0 Å². The molecule has 33 heavy (non-hydrogen) atoms. The quantitative estimate of drug-likeness (QED) is 0.612. The lowest BCUT2D eigenvalue weighted by molar-refractivity contribution is -0.158. The van der Waals surface area contributed by atoms with Crippen LogP contribution in [0.1, 0.15) is 67.1 Å². The summed E-state index contributed by atoms with van der Waals surface area (Å²) in [6.45, 7) is 19.9. The predicted molar refractivity (Wildman–Crippen MR) is 125 cm³/mol. The van der Waals surface area contributed by atoms with Gasteiger partial charge in [0, 0.05) is 51.4 Å². The first-order chi connectivity index (χ1) is 15.2. The Morgan fingerprint density at radius 3 is 2.09 bits per heavy atom. The van der Waals surface area contributed by atoms with E-state index in [2.05, 4.69) is 15.0 Å². The molecular formula is C24H40N4O5. The summed E-state index contributed by atoms with van der Waals surface area (Å²) in [7, 11) is 0. The fourth-order valence-corrected chi connectivity index (χ4v) is 4.13. The number of anilines is 1. The molecule has 1 aromatic rings. The Bertz CT molecular complexity index is 825. The highest BCUT2D eigenvalue weighted by molar-refractivity contribution is 5.78. The van der Waals surface area contributed by atoms with Crippen LogP contribution in [0, 0.1) is 5.92 Å². The first-order valence-corrected chi connectivity index (χ1v) is 11.9. The molecule has 0 spiro atoms. The van der Waals surface area contributed by atoms with Crippen LogP contribution in [0.4, 0.5) is 10.6 Å². The molecule has 0 aromatic carbocycles. The van der Waals surface area contributed by atoms with E-state index in [0.29, 0.717) is 24.9 Å². The molecule has 2 saturated heterocycles. The summed E-state index contributed by atoms with van der Waals surface area (Å²) >= 11 is 0. The van der Waals surface area contributed by atoms with Crippen LogP contribution in [0.15, 0.2) is 10.6 Å². The lowest BCUT2D eigenvalue weighted by Gasteiger charge is -2.48. The maximum atomic E-state index is 12.7. The van der Waals surface area contributed by atoms with E-state index in [0.717, 1.165) is 32.0 Å². The van der Waals surface area contributed by atoms with Gasteiger partial charge in [-0.25, -0.2) is 4.79 Å². The minimum Gasteiger partial charge on any atom is -0.459 e. The van der Waals surface area contributed by atoms with Crippen LogP contribution >= 0.6 is 0 Å². The summed E-state index contributed by atoms with van der Waals surface area (Å²) in [5, 5.41) is 4.22. The van der Waals surface area contributed by atoms with Crippen LogP contribution in [-0.4, -0.2) is 83.5 Å². The van der Waals surface area contributed by atoms with Crippen LogP contribution < -0.4 is 4.90 Å². The summed E-state index contributed by atoms with van der Waals surface area (Å²) in [5.41, 5.74) is -1.03. The van der Waals surface area contributed by atoms with Crippen molar-refractivity contribution in [2.75, 3.05) is 44.2 Å². The van der Waals surface area contributed by atoms with Gasteiger partial charge >= 0.3 is 12.1 Å². The molecule has 0 radical (unpaired) electrons. The van der Waals surface area contributed by atoms with Gasteiger partial charge in [-0.3, -0.25) is 9.69 Å². The van der Waals surface area contributed by atoms with Crippen molar-refractivity contribution in [1.29, 1.82) is 0 Å². The average Bonchev–Trinajstić information content (AvgIpc) is 3.06. The molecule has 0 saturated carbocycles. The van der Waals surface area contributed by atoms with Gasteiger partial charge in [0.25, 0.3) is 0 Å². The molecule has 3 heterocycles. The van der Waals surface area contributed by atoms with Gasteiger partial charge in [-0.15, -0.1) is 0 Å². The molecule has 0 aliphatic carbocycles. The lowest BCUT2D eigenvalue weighted by atomic mass is 9.93. The van der Waals surface area contributed by atoms with E-state index in [9.17, 15) is 9.59 Å². The maximum Gasteiger partial charge on any atom is 0.410 e. The zero-order valence-corrected chi connectivity index (χ0v) is 21.4. The molecule has 1 amide bonds. The largest absolute Gasteiger partial charge is 0.459 e. The minimum absolute atomic E-state index is 0.0334. The summed E-state index contributed by atoms with van der Waals surface area (Å²) < 4.78 is 16.6. The number of rotatable bonds is 5. The number of carbonyl (C=O) groups excluding carboxylic acids is 2. The Morgan fingerprint density at radius 2 is 1.58 bits per heavy atom. The molecule has 2 aliphatic rings. The van der Waals surface area contributed by atoms with Gasteiger partial charge < -0.3 is 23.8 Å². The second kappa shape index (κ2) is 9.52. The molecule has 9 nitrogen and oxygen atoms in total. The van der Waals surface area contributed by atoms with Gasteiger partial charge in [0.2, 0.25) is 0 Å². The minimum atomic E-state index is -0.550. The molecule has 3 rings (SSSR count). The van der Waals surface area contributed by atoms with E-state index in [-0.39, 0.29) is 18.0 Å². The van der Waals surface area contributed by atoms with Gasteiger partial charge in [-0.05, 0) is 47.5 Å². The van der Waals surface area contributed by atoms with E-state index in [1.165, 1.54) is 0 Å². The van der Waals surface area contributed by atoms with Gasteiger partial charge in [0.1, 0.15) is 17.1 Å². The molecule has 0 bridgehead atoms. The summed E-state index contributed by atoms with van der Waals surface area (Å²) in [6.07, 6.45) is -0.239. The van der Waals surface area contributed by atoms with Crippen LogP contribution in [-0.2, 0) is 14.3 Å². The standard InChI is InChI=1S/C24H40N4O5/c1-16(2)20(21(29)31-23(3,4)5)18-13-19(25-33-18)28-14-17(15-28)26-9-11-27(12-10-26)22(30)32-24(6,7)8/h13,16-17,20H,9-12,14-15H2,1-8H3. The van der Waals surface area contributed by atoms with Crippen LogP contribution in [0.3, 0.4) is 0 Å². The monoisotopic (exact) mass is 464 g/mol. The first kappa shape index (κ1) is 25.3. The Morgan fingerprint density at radius 1 is 1.00 bits per heavy atom. The van der Waals surface area contributed by atoms with Crippen molar-refractivity contribution in [2.45, 2.75) is 78.6 Å². The number of piperazine rings is 1. The third kappa shape index (κ3) is 6.62. The van der Waals surface area contributed by atoms with E-state index in [4.69, 9.17) is 14.0 Å². The van der Waals surface area contributed by atoms with Crippen molar-refractivity contribution >= 4 is 17.9 Å². The number of hydrogen-bond acceptors (Lipinski definition) is 8. The Kier molecular flexibility index (Phi) is 7.31. The number of esters is 1. The van der Waals surface area contributed by atoms with Gasteiger partial charge in [-0.1, -0.05) is 19.0 Å². The third-order valence-electron chi connectivity index (χ3n) is 5.82. The molecular weight excluding hydrogens is 424 g/mol. The molecule has 1 atom stereocenters. The molecule has 9 heteroatoms. The highest BCUT2D eigenvalue weighted by atomic mass is 16.6. The Hall–Kier alpha value is -2.29. The fourth-order valence-electron chi connectivity index (χ4n) is 4.13. The predicted octanol–water partition coefficient (Wildman–Crippen LogP) is 3.50. The lowest BCUT2D eigenvalue weighted by Crippen LogP contribution is -2.63. The number of ether oxygens (including phenoxy) is 2. The molecule has 2 aliphatic heterocycles. The summed E-state index contributed by atoms with van der Waals surface area (Å²) in [4.78, 5) is 31.3. The second-order valence-electron chi connectivity index (χ2n) is 11.4. The highest BCUT2D eigenvalue weighted by Crippen LogP contribution is 2.32. The number of amides is 1. The summed E-state index contributed by atoms with van der Waals surface area (Å²) in [6, 6.07) is 2.28. The van der Waals surface area contributed by atoms with Crippen molar-refractivity contribution in [2.24, 2.45) is 5.92 Å². The smallest absolute Gasteiger partial charge is 0.410 e. The maximum absolute atomic E-state index is 12.7. The van der Waals surface area contributed by atoms with E-state index >= 15 is 0 Å². The Balaban J connectivity index is 1.51. The highest BCUT2D eigenvalue weighted by Gasteiger charge is 2.38. The first-order valence-electron chi connectivity index (χ1n) is 11.9. The van der Waals surface area contributed by atoms with Gasteiger partial charge in [0.15, 0.2) is 11.6 Å². The number of aromatic nitrogens is 1. The zero-order valence-electron chi connectivity index (χ0n) is 21.4. The topological polar surface area (TPSA) is 88.4 Å². The SMILES string of the molecule is CC(C)C(C(=O)OC(C)(C)C)c1cc(N2CC(N3CCN(C(=O)OC(C)(C)C)CC3)C2)no1. The normalized spacial score (nSPS) is 19.4. The van der Waals surface area contributed by atoms with Crippen molar-refractivity contribution in [1.82, 2.24) is 15.0 Å². The third-order valence-corrected chi connectivity index (χ3v) is 5.82. The van der Waals surface area contributed by atoms with Crippen LogP contribution in [0.25, 0.3) is 0 Å². The zero-order chi connectivity index (χ0) is 24.6. The van der Waals surface area contributed by atoms with Crippen LogP contribution in [0.2, 0.25) is 0 Å². The van der Waals surface area contributed by atoms with Crippen molar-refractivity contribution in [3.63, 3.8) is 0 Å². The number of nitrogens with zero attached hydrogens (tertiary/aromatic N) is 4. The van der Waals surface area contributed by atoms with E-state index in [1.807, 2.05) is 61.5 Å². The molecule has 1 aromatic heterocycles. The molecule has 186 valence electrons. The van der Waals surface area contributed by atoms with Crippen molar-refractivity contribution in [3.8, 4) is 0 Å². The van der Waals surface area contributed by atoms with Crippen molar-refractivity contribution < 1.29 is 23.6 Å². The van der Waals surface area contributed by atoms with E-state index in [1.54, 1.807) is 4.90 Å². The van der Waals surface area contributed by atoms with Crippen LogP contribution in [0.5, 0.6) is 0 Å². The Labute approximate surface area is 197 Å². The van der Waals surface area contributed by atoms with E-state index < -0.39 is 17.1 Å². The number of hydrogen-bond donors (Lipinski definition) is 0. The van der Waals surface area contributed by atoms with Gasteiger partial charge in [-0.2, -0.15) is 0 Å². The summed E-state index contributed by atoms with van der Waals surface area (Å²) in [5.74, 6) is 0.561. The number of carbonyl (C=O) groups is 2.